The minimum Gasteiger partial charge on any atom is -0.491 e. The molecular formula is C28H32N2O5S. The maximum absolute atomic E-state index is 13.5. The number of nitrogens with zero attached hydrogens (tertiary/aromatic N) is 1. The molecule has 190 valence electrons. The van der Waals surface area contributed by atoms with Crippen LogP contribution in [0.4, 0.5) is 5.69 Å². The van der Waals surface area contributed by atoms with Crippen molar-refractivity contribution in [3.63, 3.8) is 0 Å². The second-order valence-electron chi connectivity index (χ2n) is 9.26. The Bertz CT molecular complexity index is 1340. The third-order valence-corrected chi connectivity index (χ3v) is 7.88. The maximum atomic E-state index is 13.5. The molecule has 3 aromatic rings. The van der Waals surface area contributed by atoms with Crippen LogP contribution in [0.3, 0.4) is 0 Å². The number of anilines is 1. The summed E-state index contributed by atoms with van der Waals surface area (Å²) in [7, 11) is -3.90. The molecule has 4 rings (SSSR count). The molecule has 0 bridgehead atoms. The van der Waals surface area contributed by atoms with Crippen molar-refractivity contribution in [3.8, 4) is 11.5 Å². The molecule has 36 heavy (non-hydrogen) atoms. The zero-order chi connectivity index (χ0) is 25.9. The van der Waals surface area contributed by atoms with Crippen molar-refractivity contribution in [2.24, 2.45) is 0 Å². The van der Waals surface area contributed by atoms with Crippen molar-refractivity contribution in [3.05, 3.63) is 83.4 Å². The fourth-order valence-electron chi connectivity index (χ4n) is 4.10. The van der Waals surface area contributed by atoms with Crippen LogP contribution in [0.15, 0.2) is 71.6 Å². The average Bonchev–Trinajstić information content (AvgIpc) is 2.86. The number of benzene rings is 3. The number of fused-ring (bicyclic) bond motifs is 1. The average molecular weight is 509 g/mol. The number of ether oxygens (including phenoxy) is 2. The Morgan fingerprint density at radius 1 is 1.06 bits per heavy atom. The van der Waals surface area contributed by atoms with Gasteiger partial charge in [0, 0.05) is 0 Å². The number of rotatable bonds is 8. The minimum atomic E-state index is -3.90. The highest BCUT2D eigenvalue weighted by Gasteiger charge is 2.37. The molecule has 0 aromatic heterocycles. The smallest absolute Gasteiger partial charge is 0.264 e. The zero-order valence-electron chi connectivity index (χ0n) is 21.0. The number of hydrogen-bond acceptors (Lipinski definition) is 5. The van der Waals surface area contributed by atoms with Crippen molar-refractivity contribution in [2.45, 2.75) is 44.6 Å². The molecule has 1 atom stereocenters. The lowest BCUT2D eigenvalue weighted by atomic mass is 10.0. The van der Waals surface area contributed by atoms with Gasteiger partial charge in [-0.2, -0.15) is 0 Å². The van der Waals surface area contributed by atoms with Crippen LogP contribution in [0.2, 0.25) is 0 Å². The number of carbonyl (C=O) groups is 1. The normalized spacial score (nSPS) is 15.2. The van der Waals surface area contributed by atoms with E-state index in [1.54, 1.807) is 36.4 Å². The maximum Gasteiger partial charge on any atom is 0.264 e. The Hall–Kier alpha value is -3.52. The van der Waals surface area contributed by atoms with E-state index in [-0.39, 0.29) is 24.6 Å². The Morgan fingerprint density at radius 3 is 2.47 bits per heavy atom. The van der Waals surface area contributed by atoms with Gasteiger partial charge in [0.05, 0.1) is 23.7 Å². The quantitative estimate of drug-likeness (QED) is 0.451. The Balaban J connectivity index is 1.48. The van der Waals surface area contributed by atoms with Gasteiger partial charge < -0.3 is 14.8 Å². The van der Waals surface area contributed by atoms with Crippen LogP contribution in [0.5, 0.6) is 11.5 Å². The van der Waals surface area contributed by atoms with Crippen LogP contribution in [-0.2, 0) is 14.8 Å². The fraction of sp³-hybridized carbons (Fsp3) is 0.321. The first-order valence-corrected chi connectivity index (χ1v) is 13.5. The van der Waals surface area contributed by atoms with Gasteiger partial charge in [-0.05, 0) is 61.2 Å². The van der Waals surface area contributed by atoms with E-state index in [1.165, 1.54) is 4.31 Å². The standard InChI is InChI=1S/C28H32N2O5S/c1-19(2)23-7-5-6-8-25(23)34-16-15-29-28(31)27-18-30(24-14-11-21(4)17-26(24)35-27)36(32,33)22-12-9-20(3)10-13-22/h5-14,17,19,27H,15-16,18H2,1-4H3,(H,29,31)/t27-/m1/s1. The molecule has 0 unspecified atom stereocenters. The van der Waals surface area contributed by atoms with E-state index < -0.39 is 22.0 Å². The highest BCUT2D eigenvalue weighted by atomic mass is 32.2. The predicted molar refractivity (Wildman–Crippen MR) is 140 cm³/mol. The summed E-state index contributed by atoms with van der Waals surface area (Å²) in [6.07, 6.45) is -0.998. The number of aryl methyl sites for hydroxylation is 2. The number of amides is 1. The summed E-state index contributed by atoms with van der Waals surface area (Å²) in [4.78, 5) is 13.2. The number of carbonyl (C=O) groups excluding carboxylic acids is 1. The molecule has 1 N–H and O–H groups in total. The molecule has 8 heteroatoms. The van der Waals surface area contributed by atoms with Gasteiger partial charge in [-0.25, -0.2) is 8.42 Å². The summed E-state index contributed by atoms with van der Waals surface area (Å²) in [5.41, 5.74) is 3.38. The topological polar surface area (TPSA) is 84.9 Å². The van der Waals surface area contributed by atoms with E-state index in [1.807, 2.05) is 44.2 Å². The van der Waals surface area contributed by atoms with Gasteiger partial charge in [-0.15, -0.1) is 0 Å². The van der Waals surface area contributed by atoms with Crippen LogP contribution in [0.1, 0.15) is 36.5 Å². The lowest BCUT2D eigenvalue weighted by Crippen LogP contribution is -2.51. The third kappa shape index (κ3) is 5.49. The van der Waals surface area contributed by atoms with Gasteiger partial charge >= 0.3 is 0 Å². The summed E-state index contributed by atoms with van der Waals surface area (Å²) in [5, 5.41) is 2.83. The van der Waals surface area contributed by atoms with Gasteiger partial charge in [0.2, 0.25) is 0 Å². The summed E-state index contributed by atoms with van der Waals surface area (Å²) in [6.45, 7) is 8.39. The molecule has 0 spiro atoms. The molecule has 0 saturated carbocycles. The van der Waals surface area contributed by atoms with E-state index >= 15 is 0 Å². The van der Waals surface area contributed by atoms with Gasteiger partial charge in [0.15, 0.2) is 6.10 Å². The third-order valence-electron chi connectivity index (χ3n) is 6.09. The molecule has 0 fully saturated rings. The molecule has 7 nitrogen and oxygen atoms in total. The molecule has 1 aliphatic heterocycles. The number of nitrogens with one attached hydrogen (secondary N) is 1. The second kappa shape index (κ2) is 10.6. The summed E-state index contributed by atoms with van der Waals surface area (Å²) < 4.78 is 40.2. The molecule has 3 aromatic carbocycles. The summed E-state index contributed by atoms with van der Waals surface area (Å²) in [6, 6.07) is 19.8. The summed E-state index contributed by atoms with van der Waals surface area (Å²) >= 11 is 0. The molecule has 1 aliphatic rings. The van der Waals surface area contributed by atoms with E-state index in [9.17, 15) is 13.2 Å². The zero-order valence-corrected chi connectivity index (χ0v) is 21.8. The lowest BCUT2D eigenvalue weighted by Gasteiger charge is -2.35. The monoisotopic (exact) mass is 508 g/mol. The largest absolute Gasteiger partial charge is 0.491 e. The van der Waals surface area contributed by atoms with Gasteiger partial charge in [-0.3, -0.25) is 9.10 Å². The molecular weight excluding hydrogens is 476 g/mol. The summed E-state index contributed by atoms with van der Waals surface area (Å²) in [5.74, 6) is 1.07. The van der Waals surface area contributed by atoms with Crippen LogP contribution < -0.4 is 19.1 Å². The minimum absolute atomic E-state index is 0.130. The molecule has 0 saturated heterocycles. The first kappa shape index (κ1) is 25.6. The van der Waals surface area contributed by atoms with Crippen molar-refractivity contribution in [2.75, 3.05) is 24.0 Å². The fourth-order valence-corrected chi connectivity index (χ4v) is 5.58. The van der Waals surface area contributed by atoms with Crippen molar-refractivity contribution in [1.82, 2.24) is 5.32 Å². The number of para-hydroxylation sites is 1. The van der Waals surface area contributed by atoms with E-state index in [4.69, 9.17) is 9.47 Å². The predicted octanol–water partition coefficient (Wildman–Crippen LogP) is 4.58. The highest BCUT2D eigenvalue weighted by Crippen LogP contribution is 2.37. The van der Waals surface area contributed by atoms with Crippen LogP contribution in [0, 0.1) is 13.8 Å². The molecule has 1 amide bonds. The Labute approximate surface area is 213 Å². The number of hydrogen-bond donors (Lipinski definition) is 1. The van der Waals surface area contributed by atoms with E-state index in [0.717, 1.165) is 22.4 Å². The van der Waals surface area contributed by atoms with E-state index in [0.29, 0.717) is 17.4 Å². The van der Waals surface area contributed by atoms with Crippen molar-refractivity contribution >= 4 is 21.6 Å². The highest BCUT2D eigenvalue weighted by molar-refractivity contribution is 7.92. The van der Waals surface area contributed by atoms with E-state index in [2.05, 4.69) is 19.2 Å². The Morgan fingerprint density at radius 2 is 1.75 bits per heavy atom. The van der Waals surface area contributed by atoms with Gasteiger partial charge in [-0.1, -0.05) is 55.8 Å². The first-order chi connectivity index (χ1) is 17.2. The number of sulfonamides is 1. The molecule has 1 heterocycles. The van der Waals surface area contributed by atoms with Crippen molar-refractivity contribution < 1.29 is 22.7 Å². The van der Waals surface area contributed by atoms with Crippen molar-refractivity contribution in [1.29, 1.82) is 0 Å². The van der Waals surface area contributed by atoms with Crippen LogP contribution >= 0.6 is 0 Å². The van der Waals surface area contributed by atoms with Crippen LogP contribution in [0.25, 0.3) is 0 Å². The van der Waals surface area contributed by atoms with Gasteiger partial charge in [0.25, 0.3) is 15.9 Å². The second-order valence-corrected chi connectivity index (χ2v) is 11.1. The SMILES string of the molecule is Cc1ccc(S(=O)(=O)N2C[C@H](C(=O)NCCOc3ccccc3C(C)C)Oc3cc(C)ccc32)cc1. The lowest BCUT2D eigenvalue weighted by molar-refractivity contribution is -0.127. The first-order valence-electron chi connectivity index (χ1n) is 12.0. The van der Waals surface area contributed by atoms with Gasteiger partial charge in [0.1, 0.15) is 18.1 Å². The molecule has 0 aliphatic carbocycles. The van der Waals surface area contributed by atoms with Crippen LogP contribution in [-0.4, -0.2) is 40.1 Å². The Kier molecular flexibility index (Phi) is 7.54. The molecule has 0 radical (unpaired) electrons.